The van der Waals surface area contributed by atoms with Gasteiger partial charge in [0.1, 0.15) is 5.75 Å². The predicted molar refractivity (Wildman–Crippen MR) is 63.4 cm³/mol. The molecule has 0 unspecified atom stereocenters. The minimum absolute atomic E-state index is 0.0172. The lowest BCUT2D eigenvalue weighted by atomic mass is 9.74. The largest absolute Gasteiger partial charge is 0.497 e. The van der Waals surface area contributed by atoms with Crippen LogP contribution in [0, 0.1) is 11.3 Å². The number of anilines is 1. The Labute approximate surface area is 96.0 Å². The fraction of sp³-hybridized carbons (Fsp3) is 0.462. The zero-order valence-corrected chi connectivity index (χ0v) is 9.49. The Hall–Kier alpha value is -1.69. The average Bonchev–Trinajstić information content (AvgIpc) is 2.27. The minimum Gasteiger partial charge on any atom is -0.497 e. The van der Waals surface area contributed by atoms with Gasteiger partial charge in [0, 0.05) is 5.69 Å². The molecule has 1 aliphatic carbocycles. The van der Waals surface area contributed by atoms with Crippen LogP contribution in [0.4, 0.5) is 5.69 Å². The van der Waals surface area contributed by atoms with E-state index in [0.29, 0.717) is 6.42 Å². The molecule has 1 aliphatic rings. The number of ether oxygens (including phenoxy) is 1. The number of rotatable bonds is 4. The molecule has 1 fully saturated rings. The van der Waals surface area contributed by atoms with Crippen LogP contribution in [-0.4, -0.2) is 12.6 Å². The summed E-state index contributed by atoms with van der Waals surface area (Å²) in [4.78, 5) is 0. The summed E-state index contributed by atoms with van der Waals surface area (Å²) in [7, 11) is 1.66. The number of nitrogens with zero attached hydrogens (tertiary/aromatic N) is 1. The summed E-state index contributed by atoms with van der Waals surface area (Å²) in [6.07, 6.45) is 3.98. The van der Waals surface area contributed by atoms with Crippen molar-refractivity contribution in [3.8, 4) is 11.8 Å². The number of hydrogen-bond donors (Lipinski definition) is 1. The standard InChI is InChI=1S/C13H16N2O/c1-16-12-5-3-11(4-6-12)15-13(9-10-14)7-2-8-13/h3-6,15H,2,7-9H2,1H3. The van der Waals surface area contributed by atoms with E-state index in [-0.39, 0.29) is 5.54 Å². The lowest BCUT2D eigenvalue weighted by Crippen LogP contribution is -2.44. The number of benzene rings is 1. The number of hydrogen-bond acceptors (Lipinski definition) is 3. The van der Waals surface area contributed by atoms with Crippen molar-refractivity contribution in [1.82, 2.24) is 0 Å². The lowest BCUT2D eigenvalue weighted by Gasteiger charge is -2.41. The van der Waals surface area contributed by atoms with Crippen LogP contribution in [-0.2, 0) is 0 Å². The Morgan fingerprint density at radius 1 is 1.38 bits per heavy atom. The van der Waals surface area contributed by atoms with Gasteiger partial charge in [-0.25, -0.2) is 0 Å². The van der Waals surface area contributed by atoms with Crippen molar-refractivity contribution in [3.05, 3.63) is 24.3 Å². The fourth-order valence-corrected chi connectivity index (χ4v) is 2.08. The van der Waals surface area contributed by atoms with Gasteiger partial charge in [0.25, 0.3) is 0 Å². The van der Waals surface area contributed by atoms with Crippen LogP contribution in [0.5, 0.6) is 5.75 Å². The van der Waals surface area contributed by atoms with E-state index >= 15 is 0 Å². The molecule has 0 aromatic heterocycles. The van der Waals surface area contributed by atoms with Crippen molar-refractivity contribution < 1.29 is 4.74 Å². The highest BCUT2D eigenvalue weighted by Crippen LogP contribution is 2.38. The highest BCUT2D eigenvalue weighted by Gasteiger charge is 2.36. The second-order valence-electron chi connectivity index (χ2n) is 4.32. The molecule has 0 heterocycles. The third kappa shape index (κ3) is 2.11. The van der Waals surface area contributed by atoms with Crippen molar-refractivity contribution in [2.75, 3.05) is 12.4 Å². The Balaban J connectivity index is 2.05. The van der Waals surface area contributed by atoms with Gasteiger partial charge in [-0.3, -0.25) is 0 Å². The first kappa shape index (κ1) is 10.8. The smallest absolute Gasteiger partial charge is 0.119 e. The molecule has 0 atom stereocenters. The molecule has 84 valence electrons. The maximum atomic E-state index is 8.82. The van der Waals surface area contributed by atoms with E-state index in [9.17, 15) is 0 Å². The van der Waals surface area contributed by atoms with Crippen molar-refractivity contribution in [1.29, 1.82) is 5.26 Å². The summed E-state index contributed by atoms with van der Waals surface area (Å²) in [6.45, 7) is 0. The maximum absolute atomic E-state index is 8.82. The van der Waals surface area contributed by atoms with Gasteiger partial charge in [-0.2, -0.15) is 5.26 Å². The molecule has 0 amide bonds. The van der Waals surface area contributed by atoms with Crippen LogP contribution < -0.4 is 10.1 Å². The molecule has 1 saturated carbocycles. The van der Waals surface area contributed by atoms with Gasteiger partial charge >= 0.3 is 0 Å². The molecule has 16 heavy (non-hydrogen) atoms. The summed E-state index contributed by atoms with van der Waals surface area (Å²) in [5.74, 6) is 0.855. The van der Waals surface area contributed by atoms with E-state index in [4.69, 9.17) is 10.00 Å². The molecule has 1 aromatic rings. The molecule has 1 N–H and O–H groups in total. The summed E-state index contributed by atoms with van der Waals surface area (Å²) in [5.41, 5.74) is 1.08. The first-order valence-corrected chi connectivity index (χ1v) is 5.57. The maximum Gasteiger partial charge on any atom is 0.119 e. The second kappa shape index (κ2) is 4.44. The number of methoxy groups -OCH3 is 1. The lowest BCUT2D eigenvalue weighted by molar-refractivity contribution is 0.284. The minimum atomic E-state index is 0.0172. The monoisotopic (exact) mass is 216 g/mol. The number of nitriles is 1. The molecule has 0 saturated heterocycles. The molecule has 0 aliphatic heterocycles. The van der Waals surface area contributed by atoms with Crippen LogP contribution >= 0.6 is 0 Å². The quantitative estimate of drug-likeness (QED) is 0.841. The first-order valence-electron chi connectivity index (χ1n) is 5.57. The van der Waals surface area contributed by atoms with E-state index in [1.165, 1.54) is 6.42 Å². The molecule has 3 heteroatoms. The van der Waals surface area contributed by atoms with Crippen molar-refractivity contribution in [2.24, 2.45) is 0 Å². The van der Waals surface area contributed by atoms with E-state index in [1.807, 2.05) is 24.3 Å². The van der Waals surface area contributed by atoms with Crippen LogP contribution in [0.2, 0.25) is 0 Å². The normalized spacial score (nSPS) is 17.0. The van der Waals surface area contributed by atoms with E-state index in [2.05, 4.69) is 11.4 Å². The third-order valence-electron chi connectivity index (χ3n) is 3.23. The van der Waals surface area contributed by atoms with E-state index in [0.717, 1.165) is 24.3 Å². The summed E-state index contributed by atoms with van der Waals surface area (Å²) >= 11 is 0. The van der Waals surface area contributed by atoms with Gasteiger partial charge in [0.15, 0.2) is 0 Å². The molecular formula is C13H16N2O. The average molecular weight is 216 g/mol. The van der Waals surface area contributed by atoms with Crippen LogP contribution in [0.15, 0.2) is 24.3 Å². The zero-order valence-electron chi connectivity index (χ0n) is 9.49. The van der Waals surface area contributed by atoms with Gasteiger partial charge in [-0.15, -0.1) is 0 Å². The fourth-order valence-electron chi connectivity index (χ4n) is 2.08. The van der Waals surface area contributed by atoms with Crippen LogP contribution in [0.3, 0.4) is 0 Å². The summed E-state index contributed by atoms with van der Waals surface area (Å²) in [5, 5.41) is 12.3. The van der Waals surface area contributed by atoms with Crippen molar-refractivity contribution >= 4 is 5.69 Å². The highest BCUT2D eigenvalue weighted by atomic mass is 16.5. The topological polar surface area (TPSA) is 45.0 Å². The van der Waals surface area contributed by atoms with Gasteiger partial charge < -0.3 is 10.1 Å². The van der Waals surface area contributed by atoms with Gasteiger partial charge in [-0.05, 0) is 43.5 Å². The van der Waals surface area contributed by atoms with Gasteiger partial charge in [0.05, 0.1) is 25.1 Å². The summed E-state index contributed by atoms with van der Waals surface area (Å²) in [6, 6.07) is 10.1. The number of nitrogens with one attached hydrogen (secondary N) is 1. The third-order valence-corrected chi connectivity index (χ3v) is 3.23. The van der Waals surface area contributed by atoms with Gasteiger partial charge in [-0.1, -0.05) is 0 Å². The molecule has 3 nitrogen and oxygen atoms in total. The Kier molecular flexibility index (Phi) is 3.00. The molecule has 0 bridgehead atoms. The van der Waals surface area contributed by atoms with Crippen LogP contribution in [0.1, 0.15) is 25.7 Å². The zero-order chi connectivity index (χ0) is 11.4. The molecular weight excluding hydrogens is 200 g/mol. The predicted octanol–water partition coefficient (Wildman–Crippen LogP) is 2.94. The van der Waals surface area contributed by atoms with Gasteiger partial charge in [0.2, 0.25) is 0 Å². The molecule has 1 aromatic carbocycles. The van der Waals surface area contributed by atoms with Crippen LogP contribution in [0.25, 0.3) is 0 Å². The first-order chi connectivity index (χ1) is 7.78. The van der Waals surface area contributed by atoms with E-state index in [1.54, 1.807) is 7.11 Å². The SMILES string of the molecule is COc1ccc(NC2(CC#N)CCC2)cc1. The van der Waals surface area contributed by atoms with Crippen molar-refractivity contribution in [3.63, 3.8) is 0 Å². The van der Waals surface area contributed by atoms with Crippen molar-refractivity contribution in [2.45, 2.75) is 31.2 Å². The molecule has 0 spiro atoms. The Bertz CT molecular complexity index is 387. The Morgan fingerprint density at radius 2 is 2.06 bits per heavy atom. The highest BCUT2D eigenvalue weighted by molar-refractivity contribution is 5.49. The Morgan fingerprint density at radius 3 is 2.50 bits per heavy atom. The molecule has 0 radical (unpaired) electrons. The molecule has 2 rings (SSSR count). The van der Waals surface area contributed by atoms with E-state index < -0.39 is 0 Å². The summed E-state index contributed by atoms with van der Waals surface area (Å²) < 4.78 is 5.11. The second-order valence-corrected chi connectivity index (χ2v) is 4.32.